The van der Waals surface area contributed by atoms with Crippen LogP contribution in [0.2, 0.25) is 10.0 Å². The highest BCUT2D eigenvalue weighted by molar-refractivity contribution is 6.36. The Bertz CT molecular complexity index is 1080. The third kappa shape index (κ3) is 3.91. The number of aromatic nitrogens is 1. The number of carbonyl (C=O) groups excluding carboxylic acids is 2. The summed E-state index contributed by atoms with van der Waals surface area (Å²) < 4.78 is 11.4. The minimum atomic E-state index is -0.690. The van der Waals surface area contributed by atoms with Gasteiger partial charge in [-0.1, -0.05) is 35.3 Å². The van der Waals surface area contributed by atoms with Gasteiger partial charge in [-0.05, 0) is 31.2 Å². The maximum atomic E-state index is 12.9. The number of hydrogen-bond acceptors (Lipinski definition) is 5. The van der Waals surface area contributed by atoms with Crippen LogP contribution in [0.25, 0.3) is 11.1 Å². The number of rotatable bonds is 6. The molecule has 1 aromatic heterocycles. The van der Waals surface area contributed by atoms with Crippen LogP contribution in [-0.4, -0.2) is 22.9 Å². The first-order valence-corrected chi connectivity index (χ1v) is 8.95. The van der Waals surface area contributed by atoms with Crippen LogP contribution >= 0.6 is 23.2 Å². The van der Waals surface area contributed by atoms with Crippen molar-refractivity contribution in [1.82, 2.24) is 4.57 Å². The summed E-state index contributed by atoms with van der Waals surface area (Å²) >= 11 is 12.3. The van der Waals surface area contributed by atoms with E-state index in [1.165, 1.54) is 16.7 Å². The predicted octanol–water partition coefficient (Wildman–Crippen LogP) is 4.09. The lowest BCUT2D eigenvalue weighted by atomic mass is 10.0. The second kappa shape index (κ2) is 7.98. The summed E-state index contributed by atoms with van der Waals surface area (Å²) in [4.78, 5) is 36.8. The van der Waals surface area contributed by atoms with E-state index >= 15 is 0 Å². The second-order valence-corrected chi connectivity index (χ2v) is 6.53. The van der Waals surface area contributed by atoms with Gasteiger partial charge < -0.3 is 9.15 Å². The van der Waals surface area contributed by atoms with Crippen LogP contribution in [-0.2, 0) is 16.1 Å². The van der Waals surface area contributed by atoms with E-state index in [0.29, 0.717) is 5.52 Å². The van der Waals surface area contributed by atoms with Crippen LogP contribution in [0, 0.1) is 0 Å². The Morgan fingerprint density at radius 2 is 1.89 bits per heavy atom. The molecule has 3 rings (SSSR count). The van der Waals surface area contributed by atoms with Gasteiger partial charge in [0.2, 0.25) is 0 Å². The molecular formula is C19H15Cl2NO5. The molecule has 0 aliphatic rings. The first-order chi connectivity index (χ1) is 12.9. The minimum absolute atomic E-state index is 0.0112. The van der Waals surface area contributed by atoms with Gasteiger partial charge in [-0.25, -0.2) is 4.79 Å². The molecule has 0 bridgehead atoms. The number of hydrogen-bond donors (Lipinski definition) is 0. The molecule has 0 aliphatic carbocycles. The third-order valence-electron chi connectivity index (χ3n) is 3.94. The molecule has 3 aromatic rings. The summed E-state index contributed by atoms with van der Waals surface area (Å²) in [5, 5.41) is 0.531. The molecule has 0 aliphatic heterocycles. The summed E-state index contributed by atoms with van der Waals surface area (Å²) in [6, 6.07) is 9.50. The molecule has 8 heteroatoms. The summed E-state index contributed by atoms with van der Waals surface area (Å²) in [5.74, 6) is -1.54. The lowest BCUT2D eigenvalue weighted by Gasteiger charge is -2.06. The highest BCUT2D eigenvalue weighted by atomic mass is 35.5. The Hall–Kier alpha value is -2.57. The average molecular weight is 408 g/mol. The van der Waals surface area contributed by atoms with E-state index in [1.807, 2.05) is 0 Å². The zero-order valence-electron chi connectivity index (χ0n) is 14.3. The van der Waals surface area contributed by atoms with Crippen molar-refractivity contribution >= 4 is 46.1 Å². The van der Waals surface area contributed by atoms with E-state index in [4.69, 9.17) is 32.4 Å². The molecule has 27 heavy (non-hydrogen) atoms. The van der Waals surface area contributed by atoms with Crippen LogP contribution < -0.4 is 5.76 Å². The number of halogens is 2. The van der Waals surface area contributed by atoms with Crippen molar-refractivity contribution in [1.29, 1.82) is 0 Å². The van der Waals surface area contributed by atoms with E-state index < -0.39 is 17.5 Å². The topological polar surface area (TPSA) is 78.5 Å². The zero-order chi connectivity index (χ0) is 19.6. The fourth-order valence-corrected chi connectivity index (χ4v) is 3.17. The van der Waals surface area contributed by atoms with Crippen molar-refractivity contribution in [3.63, 3.8) is 0 Å². The number of ether oxygens (including phenoxy) is 1. The SMILES string of the molecule is CCOC(=O)CCn1c(=O)oc2c(C(=O)c3ccccc3Cl)cc(Cl)cc21. The fraction of sp³-hybridized carbons (Fsp3) is 0.211. The van der Waals surface area contributed by atoms with Crippen molar-refractivity contribution in [2.75, 3.05) is 6.61 Å². The lowest BCUT2D eigenvalue weighted by Crippen LogP contribution is -2.17. The molecule has 2 aromatic carbocycles. The molecule has 140 valence electrons. The molecule has 0 fully saturated rings. The maximum Gasteiger partial charge on any atom is 0.419 e. The van der Waals surface area contributed by atoms with Crippen LogP contribution in [0.3, 0.4) is 0 Å². The number of aryl methyl sites for hydroxylation is 1. The molecule has 6 nitrogen and oxygen atoms in total. The van der Waals surface area contributed by atoms with Gasteiger partial charge in [0, 0.05) is 17.1 Å². The molecule has 0 saturated heterocycles. The molecule has 0 radical (unpaired) electrons. The summed E-state index contributed by atoms with van der Waals surface area (Å²) in [6.07, 6.45) is -0.0112. The molecule has 0 amide bonds. The quantitative estimate of drug-likeness (QED) is 0.454. The summed E-state index contributed by atoms with van der Waals surface area (Å²) in [6.45, 7) is 2.00. The van der Waals surface area contributed by atoms with Crippen molar-refractivity contribution in [2.45, 2.75) is 19.9 Å². The first-order valence-electron chi connectivity index (χ1n) is 8.20. The summed E-state index contributed by atoms with van der Waals surface area (Å²) in [7, 11) is 0. The Kier molecular flexibility index (Phi) is 5.68. The Morgan fingerprint density at radius 1 is 1.15 bits per heavy atom. The first kappa shape index (κ1) is 19.2. The largest absolute Gasteiger partial charge is 0.466 e. The third-order valence-corrected chi connectivity index (χ3v) is 4.49. The fourth-order valence-electron chi connectivity index (χ4n) is 2.73. The number of esters is 1. The molecular weight excluding hydrogens is 393 g/mol. The normalized spacial score (nSPS) is 10.9. The Morgan fingerprint density at radius 3 is 2.59 bits per heavy atom. The van der Waals surface area contributed by atoms with Crippen LogP contribution in [0.4, 0.5) is 0 Å². The number of ketones is 1. The van der Waals surface area contributed by atoms with Crippen molar-refractivity contribution in [3.05, 3.63) is 68.1 Å². The predicted molar refractivity (Wildman–Crippen MR) is 102 cm³/mol. The second-order valence-electron chi connectivity index (χ2n) is 5.69. The molecule has 0 atom stereocenters. The minimum Gasteiger partial charge on any atom is -0.466 e. The molecule has 0 saturated carbocycles. The van der Waals surface area contributed by atoms with Crippen LogP contribution in [0.5, 0.6) is 0 Å². The van der Waals surface area contributed by atoms with Gasteiger partial charge >= 0.3 is 11.7 Å². The number of nitrogens with zero attached hydrogens (tertiary/aromatic N) is 1. The van der Waals surface area contributed by atoms with E-state index in [2.05, 4.69) is 0 Å². The molecule has 1 heterocycles. The van der Waals surface area contributed by atoms with Crippen molar-refractivity contribution < 1.29 is 18.7 Å². The monoisotopic (exact) mass is 407 g/mol. The van der Waals surface area contributed by atoms with Crippen LogP contribution in [0.15, 0.2) is 45.6 Å². The average Bonchev–Trinajstić information content (AvgIpc) is 2.94. The smallest absolute Gasteiger partial charge is 0.419 e. The van der Waals surface area contributed by atoms with E-state index in [9.17, 15) is 14.4 Å². The van der Waals surface area contributed by atoms with Gasteiger partial charge in [0.05, 0.1) is 29.1 Å². The molecule has 0 unspecified atom stereocenters. The number of carbonyl (C=O) groups is 2. The van der Waals surface area contributed by atoms with Gasteiger partial charge in [-0.15, -0.1) is 0 Å². The van der Waals surface area contributed by atoms with Crippen molar-refractivity contribution in [3.8, 4) is 0 Å². The van der Waals surface area contributed by atoms with Gasteiger partial charge in [0.25, 0.3) is 0 Å². The van der Waals surface area contributed by atoms with Gasteiger partial charge in [-0.3, -0.25) is 14.2 Å². The number of benzene rings is 2. The van der Waals surface area contributed by atoms with E-state index in [0.717, 1.165) is 0 Å². The van der Waals surface area contributed by atoms with Crippen molar-refractivity contribution in [2.24, 2.45) is 0 Å². The highest BCUT2D eigenvalue weighted by Crippen LogP contribution is 2.28. The lowest BCUT2D eigenvalue weighted by molar-refractivity contribution is -0.143. The van der Waals surface area contributed by atoms with Crippen LogP contribution in [0.1, 0.15) is 29.3 Å². The van der Waals surface area contributed by atoms with Gasteiger partial charge in [0.15, 0.2) is 11.4 Å². The maximum absolute atomic E-state index is 12.9. The number of oxazole rings is 1. The molecule has 0 spiro atoms. The van der Waals surface area contributed by atoms with E-state index in [-0.39, 0.29) is 46.3 Å². The Balaban J connectivity index is 2.07. The van der Waals surface area contributed by atoms with Gasteiger partial charge in [-0.2, -0.15) is 0 Å². The highest BCUT2D eigenvalue weighted by Gasteiger charge is 2.22. The van der Waals surface area contributed by atoms with E-state index in [1.54, 1.807) is 31.2 Å². The standard InChI is InChI=1S/C19H15Cl2NO5/c1-2-26-16(23)7-8-22-15-10-11(20)9-13(18(15)27-19(22)25)17(24)12-5-3-4-6-14(12)21/h3-6,9-10H,2,7-8H2,1H3. The van der Waals surface area contributed by atoms with Gasteiger partial charge in [0.1, 0.15) is 0 Å². The summed E-state index contributed by atoms with van der Waals surface area (Å²) in [5.41, 5.74) is 0.813. The Labute approximate surface area is 164 Å². The number of fused-ring (bicyclic) bond motifs is 1. The zero-order valence-corrected chi connectivity index (χ0v) is 15.8. The molecule has 0 N–H and O–H groups in total.